The second kappa shape index (κ2) is 10.4. The predicted molar refractivity (Wildman–Crippen MR) is 118 cm³/mol. The maximum Gasteiger partial charge on any atom is 0.417 e. The smallest absolute Gasteiger partial charge is 0.390 e. The Morgan fingerprint density at radius 3 is 2.22 bits per heavy atom. The van der Waals surface area contributed by atoms with Gasteiger partial charge in [-0.15, -0.1) is 10.2 Å². The van der Waals surface area contributed by atoms with Crippen LogP contribution >= 0.6 is 0 Å². The molecule has 37 heavy (non-hydrogen) atoms. The number of carbonyl (C=O) groups is 2. The van der Waals surface area contributed by atoms with Gasteiger partial charge in [-0.3, -0.25) is 4.79 Å². The lowest BCUT2D eigenvalue weighted by Gasteiger charge is -2.35. The van der Waals surface area contributed by atoms with E-state index in [9.17, 15) is 35.9 Å². The molecule has 1 N–H and O–H groups in total. The minimum Gasteiger partial charge on any atom is -0.390 e. The van der Waals surface area contributed by atoms with Crippen LogP contribution in [-0.2, 0) is 12.4 Å². The van der Waals surface area contributed by atoms with Crippen molar-refractivity contribution in [3.05, 3.63) is 47.0 Å². The standard InChI is InChI=1S/C23H23F6N5O3/c24-22(25,26)15-3-4-16(17(13-15)23(27,28)29)20(35)34-11-9-33(10-12-34)18-5-6-19(32-31-18)37-21(36)30-8-7-14-1-2-14/h3-6,13-14H,1-2,7-12H2,(H,30,36). The van der Waals surface area contributed by atoms with E-state index in [1.807, 2.05) is 0 Å². The van der Waals surface area contributed by atoms with Crippen molar-refractivity contribution in [2.75, 3.05) is 37.6 Å². The molecule has 14 heteroatoms. The average Bonchev–Trinajstić information content (AvgIpc) is 3.67. The van der Waals surface area contributed by atoms with Crippen LogP contribution in [0, 0.1) is 5.92 Å². The molecule has 200 valence electrons. The monoisotopic (exact) mass is 531 g/mol. The quantitative estimate of drug-likeness (QED) is 0.558. The fourth-order valence-corrected chi connectivity index (χ4v) is 3.90. The van der Waals surface area contributed by atoms with Crippen LogP contribution in [0.4, 0.5) is 37.0 Å². The molecule has 0 spiro atoms. The lowest BCUT2D eigenvalue weighted by molar-refractivity contribution is -0.143. The summed E-state index contributed by atoms with van der Waals surface area (Å²) in [6.07, 6.45) is -7.51. The van der Waals surface area contributed by atoms with Gasteiger partial charge in [0.15, 0.2) is 5.82 Å². The molecule has 1 saturated carbocycles. The maximum absolute atomic E-state index is 13.4. The van der Waals surface area contributed by atoms with Crippen molar-refractivity contribution < 1.29 is 40.7 Å². The Hall–Kier alpha value is -3.58. The molecule has 2 fully saturated rings. The zero-order chi connectivity index (χ0) is 26.8. The van der Waals surface area contributed by atoms with Gasteiger partial charge in [-0.25, -0.2) is 4.79 Å². The SMILES string of the molecule is O=C(NCCC1CC1)Oc1ccc(N2CCN(C(=O)c3ccc(C(F)(F)F)cc3C(F)(F)F)CC2)nn1. The third kappa shape index (κ3) is 6.80. The predicted octanol–water partition coefficient (Wildman–Crippen LogP) is 4.37. The van der Waals surface area contributed by atoms with Crippen molar-refractivity contribution in [1.82, 2.24) is 20.4 Å². The Kier molecular flexibility index (Phi) is 7.46. The summed E-state index contributed by atoms with van der Waals surface area (Å²) in [5, 5.41) is 10.5. The minimum absolute atomic E-state index is 0.0107. The molecule has 0 bridgehead atoms. The van der Waals surface area contributed by atoms with Gasteiger partial charge in [0.1, 0.15) is 0 Å². The average molecular weight is 531 g/mol. The van der Waals surface area contributed by atoms with Gasteiger partial charge in [-0.05, 0) is 36.6 Å². The highest BCUT2D eigenvalue weighted by Crippen LogP contribution is 2.38. The van der Waals surface area contributed by atoms with Crippen LogP contribution < -0.4 is 15.0 Å². The van der Waals surface area contributed by atoms with E-state index in [0.29, 0.717) is 30.4 Å². The molecule has 0 radical (unpaired) electrons. The molecule has 2 aromatic rings. The number of hydrogen-bond acceptors (Lipinski definition) is 6. The number of nitrogens with one attached hydrogen (secondary N) is 1. The van der Waals surface area contributed by atoms with Gasteiger partial charge in [0, 0.05) is 38.8 Å². The number of rotatable bonds is 6. The number of anilines is 1. The number of amides is 2. The topological polar surface area (TPSA) is 87.7 Å². The van der Waals surface area contributed by atoms with Crippen LogP contribution in [0.3, 0.4) is 0 Å². The zero-order valence-corrected chi connectivity index (χ0v) is 19.4. The molecule has 1 aromatic carbocycles. The highest BCUT2D eigenvalue weighted by Gasteiger charge is 2.40. The Labute approximate surface area is 207 Å². The second-order valence-corrected chi connectivity index (χ2v) is 8.81. The number of halogens is 6. The molecule has 0 unspecified atom stereocenters. The molecule has 0 atom stereocenters. The van der Waals surface area contributed by atoms with Crippen LogP contribution in [0.15, 0.2) is 30.3 Å². The van der Waals surface area contributed by atoms with Gasteiger partial charge in [-0.2, -0.15) is 26.3 Å². The molecule has 2 heterocycles. The summed E-state index contributed by atoms with van der Waals surface area (Å²) in [6.45, 7) is 0.935. The van der Waals surface area contributed by atoms with E-state index in [1.165, 1.54) is 18.9 Å². The Morgan fingerprint density at radius 1 is 0.946 bits per heavy atom. The van der Waals surface area contributed by atoms with Crippen LogP contribution in [0.2, 0.25) is 0 Å². The van der Waals surface area contributed by atoms with E-state index in [0.717, 1.165) is 11.3 Å². The number of piperazine rings is 1. The number of hydrogen-bond donors (Lipinski definition) is 1. The number of ether oxygens (including phenoxy) is 1. The fourth-order valence-electron chi connectivity index (χ4n) is 3.90. The molecule has 2 aliphatic rings. The normalized spacial score (nSPS) is 16.5. The molecular weight excluding hydrogens is 508 g/mol. The van der Waals surface area contributed by atoms with Crippen molar-refractivity contribution >= 4 is 17.8 Å². The summed E-state index contributed by atoms with van der Waals surface area (Å²) < 4.78 is 84.1. The molecule has 1 saturated heterocycles. The molecular formula is C23H23F6N5O3. The van der Waals surface area contributed by atoms with Crippen molar-refractivity contribution in [1.29, 1.82) is 0 Å². The van der Waals surface area contributed by atoms with Gasteiger partial charge in [-0.1, -0.05) is 12.8 Å². The molecule has 8 nitrogen and oxygen atoms in total. The van der Waals surface area contributed by atoms with Gasteiger partial charge >= 0.3 is 18.4 Å². The molecule has 1 aliphatic carbocycles. The van der Waals surface area contributed by atoms with E-state index in [-0.39, 0.29) is 38.1 Å². The first-order valence-electron chi connectivity index (χ1n) is 11.5. The van der Waals surface area contributed by atoms with Gasteiger partial charge in [0.2, 0.25) is 5.88 Å². The summed E-state index contributed by atoms with van der Waals surface area (Å²) in [7, 11) is 0. The lowest BCUT2D eigenvalue weighted by atomic mass is 10.0. The van der Waals surface area contributed by atoms with Crippen LogP contribution in [0.25, 0.3) is 0 Å². The fraction of sp³-hybridized carbons (Fsp3) is 0.478. The van der Waals surface area contributed by atoms with E-state index >= 15 is 0 Å². The van der Waals surface area contributed by atoms with Crippen LogP contribution in [0.5, 0.6) is 5.88 Å². The lowest BCUT2D eigenvalue weighted by Crippen LogP contribution is -2.49. The Balaban J connectivity index is 1.34. The largest absolute Gasteiger partial charge is 0.417 e. The number of nitrogens with zero attached hydrogens (tertiary/aromatic N) is 4. The van der Waals surface area contributed by atoms with Gasteiger partial charge in [0.25, 0.3) is 5.91 Å². The van der Waals surface area contributed by atoms with Crippen LogP contribution in [0.1, 0.15) is 40.7 Å². The number of alkyl halides is 6. The van der Waals surface area contributed by atoms with Crippen molar-refractivity contribution in [2.24, 2.45) is 5.92 Å². The summed E-state index contributed by atoms with van der Waals surface area (Å²) in [5.74, 6) is 0.0440. The summed E-state index contributed by atoms with van der Waals surface area (Å²) in [5.41, 5.74) is -3.96. The zero-order valence-electron chi connectivity index (χ0n) is 19.4. The Bertz CT molecular complexity index is 1130. The third-order valence-electron chi connectivity index (χ3n) is 6.12. The third-order valence-corrected chi connectivity index (χ3v) is 6.12. The number of aromatic nitrogens is 2. The van der Waals surface area contributed by atoms with E-state index in [1.54, 1.807) is 11.0 Å². The number of carbonyl (C=O) groups excluding carboxylic acids is 2. The van der Waals surface area contributed by atoms with Gasteiger partial charge < -0.3 is 19.9 Å². The first-order valence-corrected chi connectivity index (χ1v) is 11.5. The van der Waals surface area contributed by atoms with Crippen LogP contribution in [-0.4, -0.2) is 59.8 Å². The van der Waals surface area contributed by atoms with Crippen molar-refractivity contribution in [3.8, 4) is 5.88 Å². The summed E-state index contributed by atoms with van der Waals surface area (Å²) in [6, 6.07) is 3.97. The first kappa shape index (κ1) is 26.5. The first-order chi connectivity index (χ1) is 17.4. The number of benzene rings is 1. The molecule has 2 amide bonds. The second-order valence-electron chi connectivity index (χ2n) is 8.81. The van der Waals surface area contributed by atoms with E-state index in [2.05, 4.69) is 15.5 Å². The van der Waals surface area contributed by atoms with Crippen molar-refractivity contribution in [3.63, 3.8) is 0 Å². The summed E-state index contributed by atoms with van der Waals surface area (Å²) in [4.78, 5) is 27.4. The highest BCUT2D eigenvalue weighted by atomic mass is 19.4. The molecule has 4 rings (SSSR count). The Morgan fingerprint density at radius 2 is 1.65 bits per heavy atom. The molecule has 1 aliphatic heterocycles. The maximum atomic E-state index is 13.4. The highest BCUT2D eigenvalue weighted by molar-refractivity contribution is 5.96. The van der Waals surface area contributed by atoms with E-state index in [4.69, 9.17) is 4.74 Å². The molecule has 1 aromatic heterocycles. The summed E-state index contributed by atoms with van der Waals surface area (Å²) >= 11 is 0. The van der Waals surface area contributed by atoms with Crippen molar-refractivity contribution in [2.45, 2.75) is 31.6 Å². The van der Waals surface area contributed by atoms with E-state index < -0.39 is 41.0 Å². The van der Waals surface area contributed by atoms with Gasteiger partial charge in [0.05, 0.1) is 16.7 Å². The minimum atomic E-state index is -5.14.